The first-order valence-electron chi connectivity index (χ1n) is 11.8. The van der Waals surface area contributed by atoms with Gasteiger partial charge < -0.3 is 10.2 Å². The van der Waals surface area contributed by atoms with Gasteiger partial charge in [-0.1, -0.05) is 36.4 Å². The summed E-state index contributed by atoms with van der Waals surface area (Å²) in [7, 11) is 0. The Morgan fingerprint density at radius 1 is 1.12 bits per heavy atom. The highest BCUT2D eigenvalue weighted by Crippen LogP contribution is 2.38. The van der Waals surface area contributed by atoms with Gasteiger partial charge in [0.15, 0.2) is 0 Å². The summed E-state index contributed by atoms with van der Waals surface area (Å²) in [5.41, 5.74) is 2.92. The minimum Gasteiger partial charge on any atom is -0.356 e. The third-order valence-corrected chi connectivity index (χ3v) is 6.98. The van der Waals surface area contributed by atoms with E-state index in [1.165, 1.54) is 5.56 Å². The highest BCUT2D eigenvalue weighted by molar-refractivity contribution is 5.84. The Bertz CT molecular complexity index is 962. The number of pyridine rings is 1. The molecule has 1 atom stereocenters. The summed E-state index contributed by atoms with van der Waals surface area (Å²) in [4.78, 5) is 32.2. The number of hydrogen-bond donors (Lipinski definition) is 1. The van der Waals surface area contributed by atoms with Crippen molar-refractivity contribution in [2.24, 2.45) is 11.3 Å². The van der Waals surface area contributed by atoms with Crippen molar-refractivity contribution in [3.8, 4) is 11.1 Å². The van der Waals surface area contributed by atoms with Crippen LogP contribution in [-0.2, 0) is 16.0 Å². The van der Waals surface area contributed by atoms with Crippen LogP contribution in [0.2, 0.25) is 0 Å². The quantitative estimate of drug-likeness (QED) is 0.661. The van der Waals surface area contributed by atoms with Crippen molar-refractivity contribution in [1.82, 2.24) is 15.2 Å². The van der Waals surface area contributed by atoms with Crippen LogP contribution in [0.25, 0.3) is 11.1 Å². The molecule has 32 heavy (non-hydrogen) atoms. The van der Waals surface area contributed by atoms with Gasteiger partial charge in [-0.15, -0.1) is 0 Å². The van der Waals surface area contributed by atoms with Gasteiger partial charge in [0.2, 0.25) is 11.8 Å². The number of likely N-dealkylation sites (tertiary alicyclic amines) is 1. The Morgan fingerprint density at radius 2 is 1.88 bits per heavy atom. The summed E-state index contributed by atoms with van der Waals surface area (Å²) >= 11 is 0. The van der Waals surface area contributed by atoms with Gasteiger partial charge >= 0.3 is 0 Å². The molecule has 5 heteroatoms. The van der Waals surface area contributed by atoms with Gasteiger partial charge in [-0.25, -0.2) is 0 Å². The summed E-state index contributed by atoms with van der Waals surface area (Å²) in [5, 5.41) is 3.08. The first-order valence-corrected chi connectivity index (χ1v) is 11.8. The van der Waals surface area contributed by atoms with Crippen LogP contribution in [0.3, 0.4) is 0 Å². The van der Waals surface area contributed by atoms with E-state index >= 15 is 0 Å². The van der Waals surface area contributed by atoms with Crippen LogP contribution in [0.5, 0.6) is 0 Å². The summed E-state index contributed by atoms with van der Waals surface area (Å²) in [6.07, 6.45) is 12.8. The maximum atomic E-state index is 13.3. The van der Waals surface area contributed by atoms with Gasteiger partial charge in [0.1, 0.15) is 0 Å². The lowest BCUT2D eigenvalue weighted by Gasteiger charge is -2.41. The minimum absolute atomic E-state index is 0.107. The van der Waals surface area contributed by atoms with E-state index in [-0.39, 0.29) is 11.8 Å². The zero-order valence-electron chi connectivity index (χ0n) is 18.9. The molecule has 1 aliphatic carbocycles. The summed E-state index contributed by atoms with van der Waals surface area (Å²) in [6, 6.07) is 12.3. The number of nitrogens with zero attached hydrogens (tertiary/aromatic N) is 2. The number of hydrogen-bond acceptors (Lipinski definition) is 3. The Hall–Kier alpha value is -2.95. The molecule has 1 aromatic heterocycles. The first-order chi connectivity index (χ1) is 15.6. The number of allylic oxidation sites excluding steroid dienone is 2. The highest BCUT2D eigenvalue weighted by atomic mass is 16.2. The van der Waals surface area contributed by atoms with Crippen LogP contribution >= 0.6 is 0 Å². The van der Waals surface area contributed by atoms with Gasteiger partial charge in [0, 0.05) is 38.4 Å². The molecule has 1 aliphatic heterocycles. The van der Waals surface area contributed by atoms with Crippen LogP contribution in [0.15, 0.2) is 60.9 Å². The molecular formula is C27H33N3O2. The lowest BCUT2D eigenvalue weighted by Crippen LogP contribution is -2.51. The monoisotopic (exact) mass is 431 g/mol. The standard InChI is InChI=1S/C27H33N3O2/c1-2-29-26(32)27(13-17-30(18-14-27)25(31)19-21-7-3-4-8-21)20-23-9-5-6-10-24(23)22-11-15-28-16-12-22/h3,5-7,9-12,15-16,21H,2,4,8,13-14,17-20H2,1H3,(H,29,32)/t21-/m1/s1. The van der Waals surface area contributed by atoms with E-state index in [2.05, 4.69) is 34.6 Å². The normalized spacial score (nSPS) is 19.7. The maximum Gasteiger partial charge on any atom is 0.226 e. The lowest BCUT2D eigenvalue weighted by molar-refractivity contribution is -0.141. The van der Waals surface area contributed by atoms with E-state index in [4.69, 9.17) is 0 Å². The Labute approximate surface area is 190 Å². The molecule has 1 fully saturated rings. The van der Waals surface area contributed by atoms with E-state index < -0.39 is 5.41 Å². The van der Waals surface area contributed by atoms with Crippen LogP contribution in [-0.4, -0.2) is 41.3 Å². The van der Waals surface area contributed by atoms with Gasteiger partial charge in [0.05, 0.1) is 5.41 Å². The SMILES string of the molecule is CCNC(=O)C1(Cc2ccccc2-c2ccncc2)CCN(C(=O)C[C@@H]2C=CCC2)CC1. The lowest BCUT2D eigenvalue weighted by atomic mass is 9.72. The number of benzene rings is 1. The molecule has 0 saturated carbocycles. The molecule has 1 aromatic carbocycles. The van der Waals surface area contributed by atoms with E-state index in [9.17, 15) is 9.59 Å². The molecule has 0 spiro atoms. The second kappa shape index (κ2) is 10.1. The van der Waals surface area contributed by atoms with E-state index in [0.29, 0.717) is 51.2 Å². The molecule has 2 aromatic rings. The molecule has 0 bridgehead atoms. The molecule has 0 radical (unpaired) electrons. The summed E-state index contributed by atoms with van der Waals surface area (Å²) in [6.45, 7) is 3.86. The molecular weight excluding hydrogens is 398 g/mol. The van der Waals surface area contributed by atoms with E-state index in [0.717, 1.165) is 24.0 Å². The van der Waals surface area contributed by atoms with Crippen molar-refractivity contribution in [3.63, 3.8) is 0 Å². The first kappa shape index (κ1) is 22.3. The average Bonchev–Trinajstić information content (AvgIpc) is 3.33. The van der Waals surface area contributed by atoms with Crippen LogP contribution in [0.1, 0.15) is 44.6 Å². The molecule has 1 N–H and O–H groups in total. The molecule has 1 saturated heterocycles. The van der Waals surface area contributed by atoms with Crippen LogP contribution in [0, 0.1) is 11.3 Å². The van der Waals surface area contributed by atoms with Crippen molar-refractivity contribution in [1.29, 1.82) is 0 Å². The predicted molar refractivity (Wildman–Crippen MR) is 127 cm³/mol. The van der Waals surface area contributed by atoms with Crippen molar-refractivity contribution in [2.45, 2.75) is 45.4 Å². The number of piperidine rings is 1. The second-order valence-electron chi connectivity index (χ2n) is 9.06. The van der Waals surface area contributed by atoms with Crippen LogP contribution in [0.4, 0.5) is 0 Å². The number of carbonyl (C=O) groups is 2. The van der Waals surface area contributed by atoms with Gasteiger partial charge in [-0.05, 0) is 73.8 Å². The summed E-state index contributed by atoms with van der Waals surface area (Å²) < 4.78 is 0. The van der Waals surface area contributed by atoms with Gasteiger partial charge in [0.25, 0.3) is 0 Å². The van der Waals surface area contributed by atoms with Crippen LogP contribution < -0.4 is 5.32 Å². The molecule has 5 nitrogen and oxygen atoms in total. The molecule has 2 amide bonds. The fourth-order valence-electron chi connectivity index (χ4n) is 5.09. The topological polar surface area (TPSA) is 62.3 Å². The molecule has 2 heterocycles. The highest BCUT2D eigenvalue weighted by Gasteiger charge is 2.42. The maximum absolute atomic E-state index is 13.3. The van der Waals surface area contributed by atoms with Crippen molar-refractivity contribution in [3.05, 3.63) is 66.5 Å². The molecule has 168 valence electrons. The minimum atomic E-state index is -0.497. The molecule has 2 aliphatic rings. The zero-order chi connectivity index (χ0) is 22.4. The van der Waals surface area contributed by atoms with Crippen molar-refractivity contribution >= 4 is 11.8 Å². The largest absolute Gasteiger partial charge is 0.356 e. The average molecular weight is 432 g/mol. The van der Waals surface area contributed by atoms with Crippen molar-refractivity contribution < 1.29 is 9.59 Å². The van der Waals surface area contributed by atoms with Crippen molar-refractivity contribution in [2.75, 3.05) is 19.6 Å². The fraction of sp³-hybridized carbons (Fsp3) is 0.444. The Morgan fingerprint density at radius 3 is 2.56 bits per heavy atom. The van der Waals surface area contributed by atoms with Gasteiger partial charge in [-0.2, -0.15) is 0 Å². The predicted octanol–water partition coefficient (Wildman–Crippen LogP) is 4.39. The number of aromatic nitrogens is 1. The molecule has 0 unspecified atom stereocenters. The zero-order valence-corrected chi connectivity index (χ0v) is 18.9. The number of nitrogens with one attached hydrogen (secondary N) is 1. The Kier molecular flexibility index (Phi) is 7.03. The Balaban J connectivity index is 1.52. The third-order valence-electron chi connectivity index (χ3n) is 6.98. The summed E-state index contributed by atoms with van der Waals surface area (Å²) in [5.74, 6) is 0.711. The van der Waals surface area contributed by atoms with E-state index in [1.807, 2.05) is 36.1 Å². The number of rotatable bonds is 7. The van der Waals surface area contributed by atoms with E-state index in [1.54, 1.807) is 12.4 Å². The molecule has 4 rings (SSSR count). The second-order valence-corrected chi connectivity index (χ2v) is 9.06. The smallest absolute Gasteiger partial charge is 0.226 e. The number of amides is 2. The van der Waals surface area contributed by atoms with Gasteiger partial charge in [-0.3, -0.25) is 14.6 Å². The number of carbonyl (C=O) groups excluding carboxylic acids is 2. The fourth-order valence-corrected chi connectivity index (χ4v) is 5.09. The third kappa shape index (κ3) is 4.93.